The first-order chi connectivity index (χ1) is 8.63. The van der Waals surface area contributed by atoms with Crippen LogP contribution in [0.3, 0.4) is 0 Å². The smallest absolute Gasteiger partial charge is 0.394 e. The first-order valence-electron chi connectivity index (χ1n) is 6.18. The summed E-state index contributed by atoms with van der Waals surface area (Å²) < 4.78 is 44.6. The molecule has 19 heavy (non-hydrogen) atoms. The monoisotopic (exact) mass is 270 g/mol. The van der Waals surface area contributed by atoms with Crippen molar-refractivity contribution < 1.29 is 17.6 Å². The zero-order chi connectivity index (χ0) is 14.4. The third kappa shape index (κ3) is 2.36. The van der Waals surface area contributed by atoms with Crippen LogP contribution < -0.4 is 0 Å². The van der Waals surface area contributed by atoms with Gasteiger partial charge in [0.05, 0.1) is 5.41 Å². The summed E-state index contributed by atoms with van der Waals surface area (Å²) in [6.07, 6.45) is -4.27. The molecule has 1 nitrogen and oxygen atoms in total. The van der Waals surface area contributed by atoms with Crippen LogP contribution in [0.15, 0.2) is 22.6 Å². The minimum Gasteiger partial charge on any atom is -0.461 e. The van der Waals surface area contributed by atoms with Crippen LogP contribution in [0.2, 0.25) is 0 Å². The van der Waals surface area contributed by atoms with Gasteiger partial charge in [0.2, 0.25) is 0 Å². The highest BCUT2D eigenvalue weighted by atomic mass is 19.4. The summed E-state index contributed by atoms with van der Waals surface area (Å²) in [7, 11) is 0. The van der Waals surface area contributed by atoms with Gasteiger partial charge in [-0.3, -0.25) is 0 Å². The number of furan rings is 1. The molecule has 0 spiro atoms. The van der Waals surface area contributed by atoms with Crippen molar-refractivity contribution in [2.24, 2.45) is 5.41 Å². The molecular weight excluding hydrogens is 253 g/mol. The lowest BCUT2D eigenvalue weighted by molar-refractivity contribution is -0.210. The Balaban J connectivity index is 2.53. The summed E-state index contributed by atoms with van der Waals surface area (Å²) in [4.78, 5) is 0. The maximum Gasteiger partial charge on any atom is 0.394 e. The van der Waals surface area contributed by atoms with E-state index < -0.39 is 11.6 Å². The highest BCUT2D eigenvalue weighted by Crippen LogP contribution is 2.42. The fourth-order valence-electron chi connectivity index (χ4n) is 2.23. The van der Waals surface area contributed by atoms with E-state index in [9.17, 15) is 13.2 Å². The van der Waals surface area contributed by atoms with E-state index in [1.54, 1.807) is 18.2 Å². The molecule has 0 saturated heterocycles. The van der Waals surface area contributed by atoms with Crippen molar-refractivity contribution in [3.63, 3.8) is 0 Å². The van der Waals surface area contributed by atoms with Crippen LogP contribution in [0.1, 0.15) is 30.7 Å². The van der Waals surface area contributed by atoms with E-state index in [0.29, 0.717) is 11.1 Å². The number of rotatable bonds is 2. The standard InChI is InChI=1S/C15H17F3O/c1-9-10(2)19-12-7-5-6-11(13(9)12)8-14(3,4)15(16,17)18/h5-7H,8H2,1-4H3. The fraction of sp³-hybridized carbons (Fsp3) is 0.467. The number of hydrogen-bond donors (Lipinski definition) is 0. The van der Waals surface area contributed by atoms with Crippen LogP contribution in [0.25, 0.3) is 11.0 Å². The van der Waals surface area contributed by atoms with Gasteiger partial charge < -0.3 is 4.42 Å². The number of halogens is 3. The Morgan fingerprint density at radius 2 is 1.74 bits per heavy atom. The van der Waals surface area contributed by atoms with Gasteiger partial charge in [0.15, 0.2) is 0 Å². The van der Waals surface area contributed by atoms with E-state index in [-0.39, 0.29) is 6.42 Å². The van der Waals surface area contributed by atoms with Gasteiger partial charge in [-0.2, -0.15) is 13.2 Å². The van der Waals surface area contributed by atoms with Gasteiger partial charge >= 0.3 is 6.18 Å². The van der Waals surface area contributed by atoms with Crippen LogP contribution in [0, 0.1) is 19.3 Å². The molecule has 2 rings (SSSR count). The van der Waals surface area contributed by atoms with Gasteiger partial charge in [-0.1, -0.05) is 26.0 Å². The van der Waals surface area contributed by atoms with Crippen LogP contribution in [0.4, 0.5) is 13.2 Å². The van der Waals surface area contributed by atoms with Crippen LogP contribution >= 0.6 is 0 Å². The topological polar surface area (TPSA) is 13.1 Å². The molecular formula is C15H17F3O. The largest absolute Gasteiger partial charge is 0.461 e. The van der Waals surface area contributed by atoms with Crippen LogP contribution in [0.5, 0.6) is 0 Å². The normalized spacial score (nSPS) is 13.2. The Kier molecular flexibility index (Phi) is 3.15. The molecule has 1 aromatic carbocycles. The van der Waals surface area contributed by atoms with Gasteiger partial charge in [0.25, 0.3) is 0 Å². The molecule has 0 radical (unpaired) electrons. The van der Waals surface area contributed by atoms with Crippen molar-refractivity contribution in [3.05, 3.63) is 35.1 Å². The fourth-order valence-corrected chi connectivity index (χ4v) is 2.23. The van der Waals surface area contributed by atoms with Crippen molar-refractivity contribution in [1.82, 2.24) is 0 Å². The number of alkyl halides is 3. The van der Waals surface area contributed by atoms with E-state index in [1.165, 1.54) is 13.8 Å². The molecule has 0 bridgehead atoms. The van der Waals surface area contributed by atoms with Crippen molar-refractivity contribution in [2.45, 2.75) is 40.3 Å². The van der Waals surface area contributed by atoms with Crippen molar-refractivity contribution >= 4 is 11.0 Å². The molecule has 0 aliphatic heterocycles. The lowest BCUT2D eigenvalue weighted by Crippen LogP contribution is -2.34. The van der Waals surface area contributed by atoms with Crippen LogP contribution in [-0.4, -0.2) is 6.18 Å². The Morgan fingerprint density at radius 3 is 2.32 bits per heavy atom. The zero-order valence-electron chi connectivity index (χ0n) is 11.5. The maximum absolute atomic E-state index is 13.0. The van der Waals surface area contributed by atoms with Gasteiger partial charge in [-0.25, -0.2) is 0 Å². The molecule has 2 aromatic rings. The van der Waals surface area contributed by atoms with E-state index in [1.807, 2.05) is 13.8 Å². The SMILES string of the molecule is Cc1oc2cccc(CC(C)(C)C(F)(F)F)c2c1C. The molecule has 0 N–H and O–H groups in total. The molecule has 0 unspecified atom stereocenters. The summed E-state index contributed by atoms with van der Waals surface area (Å²) in [5, 5.41) is 0.817. The predicted octanol–water partition coefficient (Wildman–Crippen LogP) is 5.18. The first-order valence-corrected chi connectivity index (χ1v) is 6.18. The molecule has 1 heterocycles. The predicted molar refractivity (Wildman–Crippen MR) is 69.2 cm³/mol. The van der Waals surface area contributed by atoms with Gasteiger partial charge in [0.1, 0.15) is 11.3 Å². The average molecular weight is 270 g/mol. The molecule has 0 atom stereocenters. The van der Waals surface area contributed by atoms with Gasteiger partial charge in [-0.05, 0) is 37.5 Å². The van der Waals surface area contributed by atoms with E-state index in [2.05, 4.69) is 0 Å². The summed E-state index contributed by atoms with van der Waals surface area (Å²) in [6, 6.07) is 5.28. The quantitative estimate of drug-likeness (QED) is 0.732. The minimum atomic E-state index is -4.22. The van der Waals surface area contributed by atoms with E-state index in [0.717, 1.165) is 16.7 Å². The number of hydrogen-bond acceptors (Lipinski definition) is 1. The summed E-state index contributed by atoms with van der Waals surface area (Å²) in [5.41, 5.74) is 0.516. The maximum atomic E-state index is 13.0. The summed E-state index contributed by atoms with van der Waals surface area (Å²) in [5.74, 6) is 0.757. The minimum absolute atomic E-state index is 0.0480. The molecule has 0 aliphatic rings. The second-order valence-corrected chi connectivity index (χ2v) is 5.63. The Morgan fingerprint density at radius 1 is 1.11 bits per heavy atom. The van der Waals surface area contributed by atoms with Crippen molar-refractivity contribution in [1.29, 1.82) is 0 Å². The third-order valence-corrected chi connectivity index (χ3v) is 3.68. The molecule has 0 amide bonds. The molecule has 1 aromatic heterocycles. The number of benzene rings is 1. The Labute approximate surface area is 110 Å². The second-order valence-electron chi connectivity index (χ2n) is 5.63. The Bertz CT molecular complexity index is 606. The van der Waals surface area contributed by atoms with Crippen LogP contribution in [-0.2, 0) is 6.42 Å². The summed E-state index contributed by atoms with van der Waals surface area (Å²) >= 11 is 0. The van der Waals surface area contributed by atoms with Gasteiger partial charge in [0, 0.05) is 5.39 Å². The lowest BCUT2D eigenvalue weighted by Gasteiger charge is -2.28. The molecule has 104 valence electrons. The molecule has 4 heteroatoms. The Hall–Kier alpha value is -1.45. The number of fused-ring (bicyclic) bond motifs is 1. The molecule has 0 fully saturated rings. The lowest BCUT2D eigenvalue weighted by atomic mass is 9.83. The van der Waals surface area contributed by atoms with E-state index >= 15 is 0 Å². The van der Waals surface area contributed by atoms with Gasteiger partial charge in [-0.15, -0.1) is 0 Å². The first kappa shape index (κ1) is 14.0. The van der Waals surface area contributed by atoms with Crippen molar-refractivity contribution in [3.8, 4) is 0 Å². The average Bonchev–Trinajstić information content (AvgIpc) is 2.54. The molecule has 0 aliphatic carbocycles. The summed E-state index contributed by atoms with van der Waals surface area (Å²) in [6.45, 7) is 6.17. The second kappa shape index (κ2) is 4.29. The highest BCUT2D eigenvalue weighted by molar-refractivity contribution is 5.85. The highest BCUT2D eigenvalue weighted by Gasteiger charge is 2.47. The number of aryl methyl sites for hydroxylation is 2. The van der Waals surface area contributed by atoms with Crippen molar-refractivity contribution in [2.75, 3.05) is 0 Å². The third-order valence-electron chi connectivity index (χ3n) is 3.68. The molecule has 0 saturated carbocycles. The van der Waals surface area contributed by atoms with E-state index in [4.69, 9.17) is 4.42 Å². The zero-order valence-corrected chi connectivity index (χ0v) is 11.5.